The van der Waals surface area contributed by atoms with Crippen LogP contribution in [0.15, 0.2) is 60.9 Å². The highest BCUT2D eigenvalue weighted by molar-refractivity contribution is 6.30. The second-order valence-electron chi connectivity index (χ2n) is 5.01. The number of pyridine rings is 1. The van der Waals surface area contributed by atoms with Crippen LogP contribution in [0.5, 0.6) is 0 Å². The minimum Gasteiger partial charge on any atom is -0.447 e. The largest absolute Gasteiger partial charge is 0.447 e. The van der Waals surface area contributed by atoms with E-state index in [1.165, 1.54) is 6.08 Å². The zero-order valence-corrected chi connectivity index (χ0v) is 12.1. The first kappa shape index (κ1) is 13.8. The Bertz CT molecular complexity index is 667. The van der Waals surface area contributed by atoms with Gasteiger partial charge in [0.25, 0.3) is 0 Å². The molecule has 1 aromatic heterocycles. The maximum atomic E-state index is 11.6. The first-order chi connectivity index (χ1) is 10.2. The number of nitrogens with zero attached hydrogens (tertiary/aromatic N) is 1. The van der Waals surface area contributed by atoms with Gasteiger partial charge in [-0.1, -0.05) is 23.7 Å². The fourth-order valence-electron chi connectivity index (χ4n) is 2.50. The van der Waals surface area contributed by atoms with E-state index >= 15 is 0 Å². The quantitative estimate of drug-likeness (QED) is 0.809. The van der Waals surface area contributed by atoms with E-state index in [0.717, 1.165) is 17.5 Å². The molecule has 2 heterocycles. The molecule has 3 rings (SSSR count). The molecule has 0 radical (unpaired) electrons. The number of aromatic nitrogens is 1. The van der Waals surface area contributed by atoms with Crippen molar-refractivity contribution >= 4 is 17.6 Å². The lowest BCUT2D eigenvalue weighted by atomic mass is 9.88. The van der Waals surface area contributed by atoms with E-state index in [1.54, 1.807) is 12.4 Å². The van der Waals surface area contributed by atoms with E-state index < -0.39 is 5.60 Å². The predicted octanol–water partition coefficient (Wildman–Crippen LogP) is 3.68. The van der Waals surface area contributed by atoms with Gasteiger partial charge < -0.3 is 4.74 Å². The molecule has 0 saturated carbocycles. The van der Waals surface area contributed by atoms with Crippen LogP contribution in [0.4, 0.5) is 0 Å². The molecule has 106 valence electrons. The molecule has 0 amide bonds. The van der Waals surface area contributed by atoms with E-state index in [4.69, 9.17) is 16.3 Å². The Morgan fingerprint density at radius 3 is 2.43 bits per heavy atom. The molecule has 3 nitrogen and oxygen atoms in total. The Morgan fingerprint density at radius 2 is 1.81 bits per heavy atom. The summed E-state index contributed by atoms with van der Waals surface area (Å²) >= 11 is 5.93. The first-order valence-corrected chi connectivity index (χ1v) is 7.13. The lowest BCUT2D eigenvalue weighted by Gasteiger charge is -2.27. The van der Waals surface area contributed by atoms with Crippen LogP contribution in [0.2, 0.25) is 5.02 Å². The summed E-state index contributed by atoms with van der Waals surface area (Å²) < 4.78 is 5.59. The smallest absolute Gasteiger partial charge is 0.331 e. The summed E-state index contributed by atoms with van der Waals surface area (Å²) in [5.74, 6) is -0.306. The van der Waals surface area contributed by atoms with Gasteiger partial charge in [0, 0.05) is 23.5 Å². The van der Waals surface area contributed by atoms with Crippen LogP contribution >= 0.6 is 11.6 Å². The van der Waals surface area contributed by atoms with Crippen molar-refractivity contribution in [3.8, 4) is 0 Å². The Morgan fingerprint density at radius 1 is 1.10 bits per heavy atom. The number of aryl methyl sites for hydroxylation is 1. The maximum Gasteiger partial charge on any atom is 0.331 e. The molecule has 0 saturated heterocycles. The van der Waals surface area contributed by atoms with Crippen molar-refractivity contribution in [1.82, 2.24) is 4.98 Å². The number of hydrogen-bond acceptors (Lipinski definition) is 3. The average Bonchev–Trinajstić information content (AvgIpc) is 2.90. The number of benzene rings is 1. The molecule has 0 fully saturated rings. The van der Waals surface area contributed by atoms with Gasteiger partial charge in [0.1, 0.15) is 0 Å². The minimum absolute atomic E-state index is 0.306. The number of ether oxygens (including phenoxy) is 1. The number of halogens is 1. The number of carbonyl (C=O) groups is 1. The number of esters is 1. The highest BCUT2D eigenvalue weighted by Crippen LogP contribution is 2.36. The van der Waals surface area contributed by atoms with E-state index in [-0.39, 0.29) is 5.97 Å². The van der Waals surface area contributed by atoms with Crippen molar-refractivity contribution in [3.05, 3.63) is 77.1 Å². The fourth-order valence-corrected chi connectivity index (χ4v) is 2.62. The van der Waals surface area contributed by atoms with Crippen LogP contribution in [0.1, 0.15) is 17.5 Å². The SMILES string of the molecule is O=C1C=CC(CCc2ccncc2)(c2ccc(Cl)cc2)O1. The van der Waals surface area contributed by atoms with Crippen LogP contribution < -0.4 is 0 Å². The lowest BCUT2D eigenvalue weighted by Crippen LogP contribution is -2.26. The molecule has 1 aliphatic rings. The average molecular weight is 300 g/mol. The molecule has 2 aromatic rings. The monoisotopic (exact) mass is 299 g/mol. The Kier molecular flexibility index (Phi) is 3.76. The summed E-state index contributed by atoms with van der Waals surface area (Å²) in [5.41, 5.74) is 1.39. The van der Waals surface area contributed by atoms with E-state index in [9.17, 15) is 4.79 Å². The molecule has 1 unspecified atom stereocenters. The first-order valence-electron chi connectivity index (χ1n) is 6.75. The Labute approximate surface area is 128 Å². The molecule has 0 aliphatic carbocycles. The van der Waals surface area contributed by atoms with E-state index in [1.807, 2.05) is 42.5 Å². The Hall–Kier alpha value is -2.13. The highest BCUT2D eigenvalue weighted by atomic mass is 35.5. The van der Waals surface area contributed by atoms with Gasteiger partial charge in [0.05, 0.1) is 0 Å². The maximum absolute atomic E-state index is 11.6. The normalized spacial score (nSPS) is 20.5. The van der Waals surface area contributed by atoms with Crippen LogP contribution in [0.25, 0.3) is 0 Å². The summed E-state index contributed by atoms with van der Waals surface area (Å²) in [6.45, 7) is 0. The van der Waals surface area contributed by atoms with Gasteiger partial charge in [-0.25, -0.2) is 4.79 Å². The molecule has 4 heteroatoms. The van der Waals surface area contributed by atoms with Gasteiger partial charge in [0.15, 0.2) is 5.60 Å². The minimum atomic E-state index is -0.703. The predicted molar refractivity (Wildman–Crippen MR) is 80.9 cm³/mol. The van der Waals surface area contributed by atoms with E-state index in [2.05, 4.69) is 4.98 Å². The van der Waals surface area contributed by atoms with Crippen LogP contribution in [-0.4, -0.2) is 11.0 Å². The van der Waals surface area contributed by atoms with Crippen molar-refractivity contribution in [1.29, 1.82) is 0 Å². The van der Waals surface area contributed by atoms with Crippen molar-refractivity contribution in [2.75, 3.05) is 0 Å². The van der Waals surface area contributed by atoms with Gasteiger partial charge in [0.2, 0.25) is 0 Å². The number of rotatable bonds is 4. The van der Waals surface area contributed by atoms with Crippen molar-refractivity contribution in [2.45, 2.75) is 18.4 Å². The summed E-state index contributed by atoms with van der Waals surface area (Å²) in [4.78, 5) is 15.6. The van der Waals surface area contributed by atoms with Gasteiger partial charge >= 0.3 is 5.97 Å². The molecule has 1 atom stereocenters. The van der Waals surface area contributed by atoms with Crippen molar-refractivity contribution < 1.29 is 9.53 Å². The topological polar surface area (TPSA) is 39.2 Å². The second kappa shape index (κ2) is 5.70. The van der Waals surface area contributed by atoms with Gasteiger partial charge in [-0.15, -0.1) is 0 Å². The lowest BCUT2D eigenvalue weighted by molar-refractivity contribution is -0.146. The van der Waals surface area contributed by atoms with E-state index in [0.29, 0.717) is 11.4 Å². The standard InChI is InChI=1S/C17H14ClNO2/c18-15-3-1-14(2-4-15)17(10-6-16(20)21-17)9-5-13-7-11-19-12-8-13/h1-4,6-8,10-12H,5,9H2. The summed E-state index contributed by atoms with van der Waals surface area (Å²) in [5, 5.41) is 0.663. The van der Waals surface area contributed by atoms with Crippen molar-refractivity contribution in [2.24, 2.45) is 0 Å². The third-order valence-electron chi connectivity index (χ3n) is 3.64. The Balaban J connectivity index is 1.86. The molecule has 0 bridgehead atoms. The van der Waals surface area contributed by atoms with Gasteiger partial charge in [-0.05, 0) is 54.3 Å². The summed E-state index contributed by atoms with van der Waals surface area (Å²) in [6.07, 6.45) is 8.33. The molecule has 0 spiro atoms. The van der Waals surface area contributed by atoms with Crippen LogP contribution in [0.3, 0.4) is 0 Å². The highest BCUT2D eigenvalue weighted by Gasteiger charge is 2.37. The number of cyclic esters (lactones) is 1. The molecular formula is C17H14ClNO2. The summed E-state index contributed by atoms with van der Waals surface area (Å²) in [6, 6.07) is 11.4. The van der Waals surface area contributed by atoms with Crippen molar-refractivity contribution in [3.63, 3.8) is 0 Å². The molecular weight excluding hydrogens is 286 g/mol. The molecule has 1 aliphatic heterocycles. The summed E-state index contributed by atoms with van der Waals surface area (Å²) in [7, 11) is 0. The third-order valence-corrected chi connectivity index (χ3v) is 3.89. The number of hydrogen-bond donors (Lipinski definition) is 0. The number of carbonyl (C=O) groups excluding carboxylic acids is 1. The molecule has 1 aromatic carbocycles. The second-order valence-corrected chi connectivity index (χ2v) is 5.44. The van der Waals surface area contributed by atoms with Gasteiger partial charge in [-0.2, -0.15) is 0 Å². The zero-order chi connectivity index (χ0) is 14.7. The van der Waals surface area contributed by atoms with Crippen LogP contribution in [0, 0.1) is 0 Å². The van der Waals surface area contributed by atoms with Crippen LogP contribution in [-0.2, 0) is 21.6 Å². The van der Waals surface area contributed by atoms with Gasteiger partial charge in [-0.3, -0.25) is 4.98 Å². The third kappa shape index (κ3) is 2.98. The molecule has 0 N–H and O–H groups in total. The molecule has 21 heavy (non-hydrogen) atoms. The zero-order valence-electron chi connectivity index (χ0n) is 11.3. The fraction of sp³-hybridized carbons (Fsp3) is 0.176.